The summed E-state index contributed by atoms with van der Waals surface area (Å²) in [5.74, 6) is -0.475. The third-order valence-electron chi connectivity index (χ3n) is 5.69. The van der Waals surface area contributed by atoms with Crippen LogP contribution in [0, 0.1) is 13.8 Å². The van der Waals surface area contributed by atoms with Gasteiger partial charge in [0.05, 0.1) is 29.0 Å². The van der Waals surface area contributed by atoms with Gasteiger partial charge in [-0.25, -0.2) is 4.98 Å². The van der Waals surface area contributed by atoms with Crippen LogP contribution in [0.25, 0.3) is 10.2 Å². The Bertz CT molecular complexity index is 1140. The highest BCUT2D eigenvalue weighted by Crippen LogP contribution is 2.34. The number of nitrogens with zero attached hydrogens (tertiary/aromatic N) is 3. The molecule has 1 aliphatic heterocycles. The van der Waals surface area contributed by atoms with Crippen LogP contribution >= 0.6 is 11.3 Å². The first-order valence-corrected chi connectivity index (χ1v) is 11.7. The quantitative estimate of drug-likeness (QED) is 0.483. The summed E-state index contributed by atoms with van der Waals surface area (Å²) >= 11 is 1.39. The van der Waals surface area contributed by atoms with Gasteiger partial charge in [0.1, 0.15) is 0 Å². The van der Waals surface area contributed by atoms with Gasteiger partial charge in [0.2, 0.25) is 0 Å². The summed E-state index contributed by atoms with van der Waals surface area (Å²) in [4.78, 5) is 21.9. The number of thiazole rings is 1. The summed E-state index contributed by atoms with van der Waals surface area (Å²) in [5, 5.41) is 0.503. The number of anilines is 1. The minimum absolute atomic E-state index is 0.00311. The number of ether oxygens (including phenoxy) is 1. The minimum atomic E-state index is -4.51. The zero-order valence-electron chi connectivity index (χ0n) is 18.6. The van der Waals surface area contributed by atoms with Gasteiger partial charge < -0.3 is 4.74 Å². The highest BCUT2D eigenvalue weighted by Gasteiger charge is 2.32. The van der Waals surface area contributed by atoms with Gasteiger partial charge in [-0.2, -0.15) is 13.2 Å². The average Bonchev–Trinajstić information content (AvgIpc) is 3.20. The lowest BCUT2D eigenvalue weighted by atomic mass is 10.1. The number of rotatable bonds is 6. The molecule has 1 saturated heterocycles. The number of carbonyl (C=O) groups is 1. The van der Waals surface area contributed by atoms with Crippen LogP contribution < -0.4 is 4.90 Å². The van der Waals surface area contributed by atoms with Crippen molar-refractivity contribution in [3.63, 3.8) is 0 Å². The van der Waals surface area contributed by atoms with Gasteiger partial charge in [-0.3, -0.25) is 14.6 Å². The maximum absolute atomic E-state index is 13.4. The fourth-order valence-corrected chi connectivity index (χ4v) is 5.19. The molecule has 4 rings (SSSR count). The largest absolute Gasteiger partial charge is 0.416 e. The zero-order valence-corrected chi connectivity index (χ0v) is 19.4. The molecule has 0 saturated carbocycles. The standard InChI is InChI=1S/C24H26F3N3O2S/c1-16-13-17(2)21-20(14-16)33-23(28-21)30(8-4-7-29-9-11-32-12-10-29)22(31)18-5-3-6-19(15-18)24(25,26)27/h3,5-6,13-15H,4,7-12H2,1-2H3. The van der Waals surface area contributed by atoms with Crippen LogP contribution in [-0.4, -0.2) is 55.2 Å². The second-order valence-corrected chi connectivity index (χ2v) is 9.28. The molecule has 0 bridgehead atoms. The van der Waals surface area contributed by atoms with Crippen LogP contribution in [0.5, 0.6) is 0 Å². The number of morpholine rings is 1. The van der Waals surface area contributed by atoms with Gasteiger partial charge >= 0.3 is 6.18 Å². The molecule has 0 N–H and O–H groups in total. The Balaban J connectivity index is 1.63. The van der Waals surface area contributed by atoms with Crippen molar-refractivity contribution >= 4 is 32.6 Å². The molecule has 0 unspecified atom stereocenters. The van der Waals surface area contributed by atoms with Crippen molar-refractivity contribution in [2.24, 2.45) is 0 Å². The molecule has 9 heteroatoms. The Hall–Kier alpha value is -2.49. The number of fused-ring (bicyclic) bond motifs is 1. The first kappa shape index (κ1) is 23.7. The Labute approximate surface area is 194 Å². The van der Waals surface area contributed by atoms with Gasteiger partial charge in [-0.15, -0.1) is 0 Å². The van der Waals surface area contributed by atoms with Crippen LogP contribution in [0.1, 0.15) is 33.5 Å². The monoisotopic (exact) mass is 477 g/mol. The van der Waals surface area contributed by atoms with E-state index in [1.165, 1.54) is 28.4 Å². The molecular weight excluding hydrogens is 451 g/mol. The van der Waals surface area contributed by atoms with Crippen molar-refractivity contribution in [3.8, 4) is 0 Å². The molecule has 1 aliphatic rings. The van der Waals surface area contributed by atoms with E-state index in [2.05, 4.69) is 4.90 Å². The fourth-order valence-electron chi connectivity index (χ4n) is 4.02. The summed E-state index contributed by atoms with van der Waals surface area (Å²) in [6.45, 7) is 8.15. The number of benzene rings is 2. The molecule has 5 nitrogen and oxygen atoms in total. The summed E-state index contributed by atoms with van der Waals surface area (Å²) in [5.41, 5.74) is 2.09. The van der Waals surface area contributed by atoms with Crippen LogP contribution in [0.15, 0.2) is 36.4 Å². The molecule has 3 aromatic rings. The third kappa shape index (κ3) is 5.54. The van der Waals surface area contributed by atoms with Crippen molar-refractivity contribution in [2.45, 2.75) is 26.4 Å². The Morgan fingerprint density at radius 2 is 1.94 bits per heavy atom. The van der Waals surface area contributed by atoms with E-state index in [0.29, 0.717) is 31.3 Å². The van der Waals surface area contributed by atoms with Crippen molar-refractivity contribution in [3.05, 3.63) is 58.7 Å². The normalized spacial score (nSPS) is 15.2. The Morgan fingerprint density at radius 1 is 1.18 bits per heavy atom. The van der Waals surface area contributed by atoms with E-state index in [1.54, 1.807) is 0 Å². The van der Waals surface area contributed by atoms with Gasteiger partial charge in [0, 0.05) is 31.7 Å². The zero-order chi connectivity index (χ0) is 23.6. The highest BCUT2D eigenvalue weighted by atomic mass is 32.1. The topological polar surface area (TPSA) is 45.7 Å². The molecule has 0 aliphatic carbocycles. The van der Waals surface area contributed by atoms with E-state index in [4.69, 9.17) is 9.72 Å². The summed E-state index contributed by atoms with van der Waals surface area (Å²) in [7, 11) is 0. The molecule has 1 amide bonds. The lowest BCUT2D eigenvalue weighted by Gasteiger charge is -2.27. The van der Waals surface area contributed by atoms with E-state index in [0.717, 1.165) is 53.1 Å². The van der Waals surface area contributed by atoms with Crippen molar-refractivity contribution in [1.29, 1.82) is 0 Å². The average molecular weight is 478 g/mol. The van der Waals surface area contributed by atoms with E-state index in [-0.39, 0.29) is 5.56 Å². The molecule has 33 heavy (non-hydrogen) atoms. The SMILES string of the molecule is Cc1cc(C)c2nc(N(CCCN3CCOCC3)C(=O)c3cccc(C(F)(F)F)c3)sc2c1. The van der Waals surface area contributed by atoms with Gasteiger partial charge in [-0.1, -0.05) is 23.5 Å². The molecular formula is C24H26F3N3O2S. The molecule has 0 radical (unpaired) electrons. The summed E-state index contributed by atoms with van der Waals surface area (Å²) < 4.78 is 46.0. The Morgan fingerprint density at radius 3 is 2.67 bits per heavy atom. The van der Waals surface area contributed by atoms with E-state index in [1.807, 2.05) is 26.0 Å². The maximum atomic E-state index is 13.4. The van der Waals surface area contributed by atoms with Crippen LogP contribution in [0.3, 0.4) is 0 Å². The number of aromatic nitrogens is 1. The first-order valence-electron chi connectivity index (χ1n) is 10.9. The smallest absolute Gasteiger partial charge is 0.379 e. The van der Waals surface area contributed by atoms with E-state index < -0.39 is 17.6 Å². The van der Waals surface area contributed by atoms with E-state index >= 15 is 0 Å². The minimum Gasteiger partial charge on any atom is -0.379 e. The number of carbonyl (C=O) groups excluding carboxylic acids is 1. The molecule has 0 spiro atoms. The van der Waals surface area contributed by atoms with E-state index in [9.17, 15) is 18.0 Å². The van der Waals surface area contributed by atoms with Crippen molar-refractivity contribution in [1.82, 2.24) is 9.88 Å². The predicted molar refractivity (Wildman–Crippen MR) is 124 cm³/mol. The predicted octanol–water partition coefficient (Wildman–Crippen LogP) is 5.30. The number of hydrogen-bond acceptors (Lipinski definition) is 5. The molecule has 0 atom stereocenters. The molecule has 2 aromatic carbocycles. The third-order valence-corrected chi connectivity index (χ3v) is 6.72. The lowest BCUT2D eigenvalue weighted by Crippen LogP contribution is -2.39. The fraction of sp³-hybridized carbons (Fsp3) is 0.417. The Kier molecular flexibility index (Phi) is 7.02. The van der Waals surface area contributed by atoms with Crippen molar-refractivity contribution in [2.75, 3.05) is 44.3 Å². The molecule has 176 valence electrons. The van der Waals surface area contributed by atoms with Crippen LogP contribution in [0.2, 0.25) is 0 Å². The number of hydrogen-bond donors (Lipinski definition) is 0. The second-order valence-electron chi connectivity index (χ2n) is 8.27. The summed E-state index contributed by atoms with van der Waals surface area (Å²) in [6.07, 6.45) is -3.83. The molecule has 2 heterocycles. The second kappa shape index (κ2) is 9.79. The highest BCUT2D eigenvalue weighted by molar-refractivity contribution is 7.22. The van der Waals surface area contributed by atoms with Gasteiger partial charge in [-0.05, 0) is 55.7 Å². The van der Waals surface area contributed by atoms with Crippen molar-refractivity contribution < 1.29 is 22.7 Å². The van der Waals surface area contributed by atoms with Gasteiger partial charge in [0.15, 0.2) is 5.13 Å². The number of alkyl halides is 3. The first-order chi connectivity index (χ1) is 15.7. The molecule has 1 fully saturated rings. The lowest BCUT2D eigenvalue weighted by molar-refractivity contribution is -0.137. The van der Waals surface area contributed by atoms with Gasteiger partial charge in [0.25, 0.3) is 5.91 Å². The molecule has 1 aromatic heterocycles. The summed E-state index contributed by atoms with van der Waals surface area (Å²) in [6, 6.07) is 8.64. The number of halogens is 3. The number of amides is 1. The van der Waals surface area contributed by atoms with Crippen LogP contribution in [-0.2, 0) is 10.9 Å². The van der Waals surface area contributed by atoms with Crippen LogP contribution in [0.4, 0.5) is 18.3 Å². The maximum Gasteiger partial charge on any atom is 0.416 e. The number of aryl methyl sites for hydroxylation is 2.